The maximum absolute atomic E-state index is 14.2. The maximum atomic E-state index is 14.2. The summed E-state index contributed by atoms with van der Waals surface area (Å²) in [4.78, 5) is 16.8. The number of nitriles is 1. The SMILES string of the molecule is COCC1COCCN1C(=O)C1CCN(c2ccc(C#N)cc2F)CC1. The molecule has 0 aliphatic carbocycles. The Labute approximate surface area is 153 Å². The molecule has 0 spiro atoms. The van der Waals surface area contributed by atoms with Crippen LogP contribution in [0.2, 0.25) is 0 Å². The second kappa shape index (κ2) is 8.47. The predicted molar refractivity (Wildman–Crippen MR) is 94.2 cm³/mol. The van der Waals surface area contributed by atoms with Gasteiger partial charge >= 0.3 is 0 Å². The molecule has 2 fully saturated rings. The summed E-state index contributed by atoms with van der Waals surface area (Å²) in [7, 11) is 1.63. The Hall–Kier alpha value is -2.17. The van der Waals surface area contributed by atoms with Crippen LogP contribution < -0.4 is 4.90 Å². The van der Waals surface area contributed by atoms with Gasteiger partial charge in [-0.05, 0) is 31.0 Å². The van der Waals surface area contributed by atoms with Crippen molar-refractivity contribution in [2.75, 3.05) is 51.5 Å². The van der Waals surface area contributed by atoms with Crippen LogP contribution >= 0.6 is 0 Å². The minimum absolute atomic E-state index is 0.0322. The molecule has 2 heterocycles. The van der Waals surface area contributed by atoms with Crippen molar-refractivity contribution in [3.8, 4) is 6.07 Å². The second-order valence-electron chi connectivity index (χ2n) is 6.76. The number of piperidine rings is 1. The van der Waals surface area contributed by atoms with Gasteiger partial charge in [-0.3, -0.25) is 4.79 Å². The van der Waals surface area contributed by atoms with Gasteiger partial charge in [-0.2, -0.15) is 5.26 Å². The summed E-state index contributed by atoms with van der Waals surface area (Å²) >= 11 is 0. The highest BCUT2D eigenvalue weighted by atomic mass is 19.1. The van der Waals surface area contributed by atoms with Crippen molar-refractivity contribution < 1.29 is 18.7 Å². The Balaban J connectivity index is 1.61. The molecular weight excluding hydrogens is 337 g/mol. The van der Waals surface area contributed by atoms with Crippen LogP contribution in [0.1, 0.15) is 18.4 Å². The van der Waals surface area contributed by atoms with Crippen LogP contribution in [0, 0.1) is 23.1 Å². The van der Waals surface area contributed by atoms with E-state index in [2.05, 4.69) is 0 Å². The number of morpholine rings is 1. The number of anilines is 1. The van der Waals surface area contributed by atoms with Gasteiger partial charge in [0.15, 0.2) is 0 Å². The van der Waals surface area contributed by atoms with Gasteiger partial charge in [0.1, 0.15) is 5.82 Å². The van der Waals surface area contributed by atoms with E-state index < -0.39 is 0 Å². The van der Waals surface area contributed by atoms with Gasteiger partial charge in [0.05, 0.1) is 43.2 Å². The smallest absolute Gasteiger partial charge is 0.226 e. The molecule has 2 aliphatic rings. The average Bonchev–Trinajstić information content (AvgIpc) is 2.68. The first-order chi connectivity index (χ1) is 12.6. The number of carbonyl (C=O) groups excluding carboxylic acids is 1. The molecule has 0 radical (unpaired) electrons. The van der Waals surface area contributed by atoms with Gasteiger partial charge in [0.2, 0.25) is 5.91 Å². The number of carbonyl (C=O) groups is 1. The third kappa shape index (κ3) is 3.97. The number of methoxy groups -OCH3 is 1. The summed E-state index contributed by atoms with van der Waals surface area (Å²) in [6, 6.07) is 6.44. The lowest BCUT2D eigenvalue weighted by Crippen LogP contribution is -2.53. The van der Waals surface area contributed by atoms with E-state index in [0.717, 1.165) is 0 Å². The minimum atomic E-state index is -0.387. The third-order valence-corrected chi connectivity index (χ3v) is 5.13. The van der Waals surface area contributed by atoms with Crippen molar-refractivity contribution >= 4 is 11.6 Å². The van der Waals surface area contributed by atoms with Crippen molar-refractivity contribution in [1.29, 1.82) is 5.26 Å². The summed E-state index contributed by atoms with van der Waals surface area (Å²) in [6.45, 7) is 3.38. The quantitative estimate of drug-likeness (QED) is 0.818. The van der Waals surface area contributed by atoms with Crippen molar-refractivity contribution in [1.82, 2.24) is 4.90 Å². The van der Waals surface area contributed by atoms with E-state index in [1.807, 2.05) is 15.9 Å². The molecule has 1 aromatic rings. The molecule has 1 atom stereocenters. The van der Waals surface area contributed by atoms with Crippen LogP contribution in [-0.2, 0) is 14.3 Å². The summed E-state index contributed by atoms with van der Waals surface area (Å²) in [5.41, 5.74) is 0.811. The molecule has 0 bridgehead atoms. The normalized spacial score (nSPS) is 21.5. The molecule has 0 N–H and O–H groups in total. The molecule has 1 unspecified atom stereocenters. The minimum Gasteiger partial charge on any atom is -0.382 e. The fourth-order valence-corrected chi connectivity index (χ4v) is 3.71. The Bertz CT molecular complexity index is 681. The second-order valence-corrected chi connectivity index (χ2v) is 6.76. The summed E-state index contributed by atoms with van der Waals surface area (Å²) in [5, 5.41) is 8.85. The molecule has 3 rings (SSSR count). The summed E-state index contributed by atoms with van der Waals surface area (Å²) in [6.07, 6.45) is 1.38. The van der Waals surface area contributed by atoms with Crippen LogP contribution in [0.25, 0.3) is 0 Å². The molecule has 0 saturated carbocycles. The first-order valence-electron chi connectivity index (χ1n) is 8.95. The van der Waals surface area contributed by atoms with Crippen LogP contribution in [0.5, 0.6) is 0 Å². The Morgan fingerprint density at radius 2 is 2.15 bits per heavy atom. The number of hydrogen-bond donors (Lipinski definition) is 0. The van der Waals surface area contributed by atoms with E-state index in [0.29, 0.717) is 63.5 Å². The lowest BCUT2D eigenvalue weighted by atomic mass is 9.94. The highest BCUT2D eigenvalue weighted by molar-refractivity contribution is 5.79. The molecule has 7 heteroatoms. The number of rotatable bonds is 4. The van der Waals surface area contributed by atoms with Gasteiger partial charge in [-0.25, -0.2) is 4.39 Å². The predicted octanol–water partition coefficient (Wildman–Crippen LogP) is 1.79. The third-order valence-electron chi connectivity index (χ3n) is 5.13. The van der Waals surface area contributed by atoms with E-state index in [1.54, 1.807) is 19.2 Å². The Morgan fingerprint density at radius 3 is 2.81 bits per heavy atom. The zero-order chi connectivity index (χ0) is 18.5. The average molecular weight is 361 g/mol. The number of nitrogens with zero attached hydrogens (tertiary/aromatic N) is 3. The van der Waals surface area contributed by atoms with Gasteiger partial charge in [-0.1, -0.05) is 0 Å². The lowest BCUT2D eigenvalue weighted by Gasteiger charge is -2.40. The topological polar surface area (TPSA) is 65.8 Å². The van der Waals surface area contributed by atoms with Crippen molar-refractivity contribution in [2.45, 2.75) is 18.9 Å². The zero-order valence-corrected chi connectivity index (χ0v) is 15.0. The summed E-state index contributed by atoms with van der Waals surface area (Å²) in [5.74, 6) is -0.289. The van der Waals surface area contributed by atoms with E-state index in [4.69, 9.17) is 14.7 Å². The van der Waals surface area contributed by atoms with E-state index >= 15 is 0 Å². The van der Waals surface area contributed by atoms with Gasteiger partial charge < -0.3 is 19.3 Å². The van der Waals surface area contributed by atoms with E-state index in [9.17, 15) is 9.18 Å². The van der Waals surface area contributed by atoms with Crippen molar-refractivity contribution in [3.05, 3.63) is 29.6 Å². The van der Waals surface area contributed by atoms with Crippen molar-refractivity contribution in [3.63, 3.8) is 0 Å². The Morgan fingerprint density at radius 1 is 1.38 bits per heavy atom. The van der Waals surface area contributed by atoms with Crippen LogP contribution in [0.3, 0.4) is 0 Å². The van der Waals surface area contributed by atoms with Crippen molar-refractivity contribution in [2.24, 2.45) is 5.92 Å². The van der Waals surface area contributed by atoms with E-state index in [-0.39, 0.29) is 23.7 Å². The monoisotopic (exact) mass is 361 g/mol. The Kier molecular flexibility index (Phi) is 6.07. The molecule has 0 aromatic heterocycles. The molecule has 1 amide bonds. The maximum Gasteiger partial charge on any atom is 0.226 e. The van der Waals surface area contributed by atoms with Crippen LogP contribution in [0.15, 0.2) is 18.2 Å². The molecule has 2 aliphatic heterocycles. The molecule has 2 saturated heterocycles. The number of ether oxygens (including phenoxy) is 2. The molecule has 1 aromatic carbocycles. The zero-order valence-electron chi connectivity index (χ0n) is 15.0. The van der Waals surface area contributed by atoms with Crippen LogP contribution in [-0.4, -0.2) is 63.4 Å². The molecular formula is C19H24FN3O3. The molecule has 6 nitrogen and oxygen atoms in total. The largest absolute Gasteiger partial charge is 0.382 e. The van der Waals surface area contributed by atoms with E-state index in [1.165, 1.54) is 6.07 Å². The van der Waals surface area contributed by atoms with Gasteiger partial charge in [-0.15, -0.1) is 0 Å². The standard InChI is InChI=1S/C19H24FN3O3/c1-25-12-16-13-26-9-8-23(16)19(24)15-4-6-22(7-5-15)18-3-2-14(11-21)10-17(18)20/h2-3,10,15-16H,4-9,12-13H2,1H3. The highest BCUT2D eigenvalue weighted by Crippen LogP contribution is 2.28. The van der Waals surface area contributed by atoms with Gasteiger partial charge in [0.25, 0.3) is 0 Å². The number of hydrogen-bond acceptors (Lipinski definition) is 5. The first-order valence-corrected chi connectivity index (χ1v) is 8.95. The summed E-state index contributed by atoms with van der Waals surface area (Å²) < 4.78 is 24.9. The number of halogens is 1. The first kappa shape index (κ1) is 18.6. The van der Waals surface area contributed by atoms with Gasteiger partial charge in [0, 0.05) is 32.7 Å². The fourth-order valence-electron chi connectivity index (χ4n) is 3.71. The molecule has 140 valence electrons. The van der Waals surface area contributed by atoms with Crippen LogP contribution in [0.4, 0.5) is 10.1 Å². The number of benzene rings is 1. The highest BCUT2D eigenvalue weighted by Gasteiger charge is 2.34. The number of amides is 1. The molecule has 26 heavy (non-hydrogen) atoms. The lowest BCUT2D eigenvalue weighted by molar-refractivity contribution is -0.147. The fraction of sp³-hybridized carbons (Fsp3) is 0.579.